The van der Waals surface area contributed by atoms with Crippen LogP contribution in [0.1, 0.15) is 23.1 Å². The number of benzene rings is 1. The normalized spacial score (nSPS) is 29.0. The Kier molecular flexibility index (Phi) is 9.68. The summed E-state index contributed by atoms with van der Waals surface area (Å²) in [6.45, 7) is 0.0128. The topological polar surface area (TPSA) is 101 Å². The van der Waals surface area contributed by atoms with Gasteiger partial charge in [0.05, 0.1) is 11.2 Å². The molecule has 4 atom stereocenters. The zero-order valence-electron chi connectivity index (χ0n) is 18.5. The molecule has 4 heterocycles. The van der Waals surface area contributed by atoms with E-state index >= 15 is 0 Å². The smallest absolute Gasteiger partial charge is 0.256 e. The summed E-state index contributed by atoms with van der Waals surface area (Å²) in [4.78, 5) is 52.9. The van der Waals surface area contributed by atoms with Crippen LogP contribution in [0, 0.1) is 0 Å². The zero-order valence-corrected chi connectivity index (χ0v) is 21.9. The number of hydrogen-bond acceptors (Lipinski definition) is 9. The number of amides is 4. The molecule has 1 aromatic carbocycles. The predicted octanol–water partition coefficient (Wildman–Crippen LogP) is 1.30. The molecule has 0 saturated carbocycles. The number of rotatable bonds is 2. The lowest BCUT2D eigenvalue weighted by atomic mass is 10.2. The number of aliphatic hydroxyl groups excluding tert-OH is 1. The van der Waals surface area contributed by atoms with Crippen molar-refractivity contribution in [1.29, 1.82) is 0 Å². The van der Waals surface area contributed by atoms with E-state index in [1.807, 2.05) is 24.3 Å². The van der Waals surface area contributed by atoms with Crippen LogP contribution in [0.2, 0.25) is 0 Å². The van der Waals surface area contributed by atoms with Gasteiger partial charge in [0.1, 0.15) is 0 Å². The summed E-state index contributed by atoms with van der Waals surface area (Å²) in [5.74, 6) is -0.455. The van der Waals surface area contributed by atoms with Crippen molar-refractivity contribution in [1.82, 2.24) is 19.6 Å². The third-order valence-corrected chi connectivity index (χ3v) is 10.0. The van der Waals surface area contributed by atoms with Crippen molar-refractivity contribution in [2.45, 2.75) is 40.1 Å². The van der Waals surface area contributed by atoms with Crippen LogP contribution in [-0.4, -0.2) is 98.0 Å². The van der Waals surface area contributed by atoms with Crippen LogP contribution in [0.15, 0.2) is 24.3 Å². The van der Waals surface area contributed by atoms with Crippen molar-refractivity contribution in [3.63, 3.8) is 0 Å². The van der Waals surface area contributed by atoms with Crippen molar-refractivity contribution >= 4 is 72.4 Å². The number of thiol groups is 2. The van der Waals surface area contributed by atoms with Gasteiger partial charge in [0.25, 0.3) is 23.6 Å². The molecule has 4 amide bonds. The molecule has 1 aromatic rings. The number of nitrogens with zero attached hydrogens (tertiary/aromatic N) is 4. The average molecular weight is 547 g/mol. The van der Waals surface area contributed by atoms with Crippen LogP contribution in [-0.2, 0) is 25.8 Å². The van der Waals surface area contributed by atoms with Crippen LogP contribution >= 0.6 is 48.8 Å². The van der Waals surface area contributed by atoms with Crippen molar-refractivity contribution in [2.75, 3.05) is 28.2 Å². The highest BCUT2D eigenvalue weighted by atomic mass is 32.2. The van der Waals surface area contributed by atoms with E-state index < -0.39 is 21.5 Å². The molecular formula is C21H30N4O5S4. The van der Waals surface area contributed by atoms with Gasteiger partial charge >= 0.3 is 0 Å². The lowest BCUT2D eigenvalue weighted by Crippen LogP contribution is -2.58. The van der Waals surface area contributed by atoms with Gasteiger partial charge in [0, 0.05) is 28.2 Å². The fourth-order valence-electron chi connectivity index (χ4n) is 3.35. The van der Waals surface area contributed by atoms with Crippen molar-refractivity contribution in [3.8, 4) is 0 Å². The minimum absolute atomic E-state index is 0. The first kappa shape index (κ1) is 28.7. The maximum atomic E-state index is 12.3. The molecule has 4 unspecified atom stereocenters. The Balaban J connectivity index is 0.000000270. The highest BCUT2D eigenvalue weighted by molar-refractivity contribution is 8.17. The summed E-state index contributed by atoms with van der Waals surface area (Å²) in [5.41, 5.74) is 1.91. The van der Waals surface area contributed by atoms with E-state index in [0.29, 0.717) is 0 Å². The molecule has 4 fully saturated rings. The molecule has 0 spiro atoms. The Morgan fingerprint density at radius 3 is 1.47 bits per heavy atom. The molecule has 5 rings (SSSR count). The molecule has 4 saturated heterocycles. The summed E-state index contributed by atoms with van der Waals surface area (Å²) in [7, 11) is 6.45. The summed E-state index contributed by atoms with van der Waals surface area (Å²) < 4.78 is 0.0237. The third kappa shape index (κ3) is 5.32. The number of hydrogen-bond donors (Lipinski definition) is 3. The van der Waals surface area contributed by atoms with Gasteiger partial charge in [-0.05, 0) is 11.1 Å². The molecule has 0 aliphatic carbocycles. The quantitative estimate of drug-likeness (QED) is 0.481. The molecule has 1 N–H and O–H groups in total. The molecule has 188 valence electrons. The fraction of sp³-hybridized carbons (Fsp3) is 0.524. The average Bonchev–Trinajstić information content (AvgIpc) is 3.04. The maximum absolute atomic E-state index is 12.3. The summed E-state index contributed by atoms with van der Waals surface area (Å²) in [5, 5.41) is 6.83. The molecule has 13 heteroatoms. The first-order valence-corrected chi connectivity index (χ1v) is 12.8. The molecule has 0 radical (unpaired) electrons. The van der Waals surface area contributed by atoms with E-state index in [4.69, 9.17) is 5.11 Å². The van der Waals surface area contributed by atoms with Gasteiger partial charge in [-0.1, -0.05) is 31.7 Å². The highest BCUT2D eigenvalue weighted by Gasteiger charge is 2.49. The molecule has 34 heavy (non-hydrogen) atoms. The molecule has 9 nitrogen and oxygen atoms in total. The Hall–Kier alpha value is -1.54. The minimum atomic E-state index is -0.675. The van der Waals surface area contributed by atoms with E-state index in [1.165, 1.54) is 47.4 Å². The van der Waals surface area contributed by atoms with Crippen LogP contribution in [0.25, 0.3) is 0 Å². The molecule has 0 aromatic heterocycles. The van der Waals surface area contributed by atoms with Gasteiger partial charge in [0.15, 0.2) is 21.5 Å². The Morgan fingerprint density at radius 2 is 1.12 bits per heavy atom. The van der Waals surface area contributed by atoms with Gasteiger partial charge in [-0.2, -0.15) is 0 Å². The zero-order chi connectivity index (χ0) is 24.6. The minimum Gasteiger partial charge on any atom is -0.392 e. The SMILES string of the molecule is C.CN1C(=O)C(S)N(C)C(=O)C1S.CN1C(=O)C2SC(c3ccc(CO)cc3)SC1C(=O)N2C. The van der Waals surface area contributed by atoms with Crippen molar-refractivity contribution in [2.24, 2.45) is 0 Å². The largest absolute Gasteiger partial charge is 0.392 e. The molecular weight excluding hydrogens is 517 g/mol. The monoisotopic (exact) mass is 546 g/mol. The van der Waals surface area contributed by atoms with Crippen LogP contribution in [0.4, 0.5) is 0 Å². The van der Waals surface area contributed by atoms with Gasteiger partial charge in [0.2, 0.25) is 0 Å². The van der Waals surface area contributed by atoms with E-state index in [0.717, 1.165) is 11.1 Å². The van der Waals surface area contributed by atoms with E-state index in [9.17, 15) is 19.2 Å². The predicted molar refractivity (Wildman–Crippen MR) is 141 cm³/mol. The number of thioether (sulfide) groups is 2. The second kappa shape index (κ2) is 11.5. The van der Waals surface area contributed by atoms with E-state index in [1.54, 1.807) is 23.9 Å². The standard InChI is InChI=1S/C14H16N2O3S2.C6H10N2O2S2.CH4/c1-15-10(18)13-16(2)11(19)12(15)20-14(21-13)9-5-3-8(7-17)4-6-9;1-7-3(9)6(12)8(2)4(10)5(7)11;/h3-6,12-14,17H,7H2,1-2H3;5-6,11-12H,1-2H3;1H4. The van der Waals surface area contributed by atoms with Gasteiger partial charge < -0.3 is 24.7 Å². The van der Waals surface area contributed by atoms with Gasteiger partial charge in [-0.3, -0.25) is 19.2 Å². The second-order valence-corrected chi connectivity index (χ2v) is 11.4. The number of likely N-dealkylation sites (N-methyl/N-ethyl adjacent to an activating group) is 4. The third-order valence-electron chi connectivity index (χ3n) is 5.63. The number of carbonyl (C=O) groups is 4. The first-order valence-electron chi connectivity index (χ1n) is 9.93. The fourth-order valence-corrected chi connectivity index (χ4v) is 7.07. The van der Waals surface area contributed by atoms with Crippen LogP contribution in [0.5, 0.6) is 0 Å². The summed E-state index contributed by atoms with van der Waals surface area (Å²) in [6.07, 6.45) is 0. The Bertz CT molecular complexity index is 878. The number of aliphatic hydroxyl groups is 1. The lowest BCUT2D eigenvalue weighted by molar-refractivity contribution is -0.150. The van der Waals surface area contributed by atoms with E-state index in [2.05, 4.69) is 25.3 Å². The lowest BCUT2D eigenvalue weighted by Gasteiger charge is -2.37. The number of carbonyl (C=O) groups excluding carboxylic acids is 4. The van der Waals surface area contributed by atoms with Gasteiger partial charge in [-0.25, -0.2) is 0 Å². The summed E-state index contributed by atoms with van der Waals surface area (Å²) in [6, 6.07) is 7.66. The number of fused-ring (bicyclic) bond motifs is 4. The maximum Gasteiger partial charge on any atom is 0.256 e. The molecule has 2 bridgehead atoms. The Morgan fingerprint density at radius 1 is 0.735 bits per heavy atom. The van der Waals surface area contributed by atoms with Crippen LogP contribution in [0.3, 0.4) is 0 Å². The highest BCUT2D eigenvalue weighted by Crippen LogP contribution is 2.51. The molecule has 4 aliphatic heterocycles. The van der Waals surface area contributed by atoms with Crippen molar-refractivity contribution in [3.05, 3.63) is 35.4 Å². The second-order valence-electron chi connectivity index (χ2n) is 7.75. The summed E-state index contributed by atoms with van der Waals surface area (Å²) >= 11 is 11.0. The molecule has 4 aliphatic rings. The first-order chi connectivity index (χ1) is 15.5. The van der Waals surface area contributed by atoms with E-state index in [-0.39, 0.29) is 42.2 Å². The van der Waals surface area contributed by atoms with Crippen molar-refractivity contribution < 1.29 is 24.3 Å². The van der Waals surface area contributed by atoms with Crippen LogP contribution < -0.4 is 0 Å². The van der Waals surface area contributed by atoms with Gasteiger partial charge in [-0.15, -0.1) is 48.8 Å². The Labute approximate surface area is 219 Å². The number of piperazine rings is 2.